The van der Waals surface area contributed by atoms with Crippen LogP contribution in [0.5, 0.6) is 0 Å². The molecule has 0 aliphatic carbocycles. The smallest absolute Gasteiger partial charge is 0.271 e. The SMILES string of the molecule is O=C(CSc1nc2ccccc2s1)NCCNc1ccc([N+](=O)[O-])cc1Cl. The van der Waals surface area contributed by atoms with Crippen LogP contribution in [0.25, 0.3) is 10.2 Å². The standard InChI is InChI=1S/C17H15ClN4O3S2/c18-12-9-11(22(24)25)5-6-13(12)19-7-8-20-16(23)10-26-17-21-14-3-1-2-4-15(14)27-17/h1-6,9,19H,7-8,10H2,(H,20,23). The molecule has 1 aromatic heterocycles. The number of nitro groups is 1. The summed E-state index contributed by atoms with van der Waals surface area (Å²) in [6.45, 7) is 0.863. The number of thiazole rings is 1. The Morgan fingerprint density at radius 3 is 2.81 bits per heavy atom. The highest BCUT2D eigenvalue weighted by atomic mass is 35.5. The highest BCUT2D eigenvalue weighted by molar-refractivity contribution is 8.01. The van der Waals surface area contributed by atoms with E-state index < -0.39 is 4.92 Å². The van der Waals surface area contributed by atoms with Gasteiger partial charge in [0.25, 0.3) is 5.69 Å². The molecule has 0 saturated heterocycles. The van der Waals surface area contributed by atoms with E-state index in [4.69, 9.17) is 11.6 Å². The highest BCUT2D eigenvalue weighted by Crippen LogP contribution is 2.29. The summed E-state index contributed by atoms with van der Waals surface area (Å²) in [5.41, 5.74) is 1.46. The number of nitro benzene ring substituents is 1. The molecule has 0 unspecified atom stereocenters. The van der Waals surface area contributed by atoms with Crippen LogP contribution in [0.2, 0.25) is 5.02 Å². The Balaban J connectivity index is 1.40. The van der Waals surface area contributed by atoms with E-state index in [2.05, 4.69) is 15.6 Å². The number of carbonyl (C=O) groups is 1. The van der Waals surface area contributed by atoms with Crippen molar-refractivity contribution in [3.8, 4) is 0 Å². The molecule has 1 heterocycles. The van der Waals surface area contributed by atoms with E-state index >= 15 is 0 Å². The van der Waals surface area contributed by atoms with E-state index in [1.807, 2.05) is 24.3 Å². The summed E-state index contributed by atoms with van der Waals surface area (Å²) in [4.78, 5) is 26.6. The van der Waals surface area contributed by atoms with Crippen LogP contribution < -0.4 is 10.6 Å². The van der Waals surface area contributed by atoms with Crippen LogP contribution in [0.4, 0.5) is 11.4 Å². The lowest BCUT2D eigenvalue weighted by Crippen LogP contribution is -2.30. The first kappa shape index (κ1) is 19.4. The molecule has 0 atom stereocenters. The van der Waals surface area contributed by atoms with Crippen molar-refractivity contribution in [3.05, 3.63) is 57.6 Å². The molecule has 2 aromatic carbocycles. The molecule has 10 heteroatoms. The number of aromatic nitrogens is 1. The number of para-hydroxylation sites is 1. The minimum atomic E-state index is -0.501. The zero-order valence-electron chi connectivity index (χ0n) is 14.0. The number of halogens is 1. The Morgan fingerprint density at radius 2 is 2.07 bits per heavy atom. The van der Waals surface area contributed by atoms with Gasteiger partial charge in [-0.2, -0.15) is 0 Å². The first-order valence-corrected chi connectivity index (χ1v) is 10.1. The van der Waals surface area contributed by atoms with Crippen molar-refractivity contribution in [1.82, 2.24) is 10.3 Å². The first-order chi connectivity index (χ1) is 13.0. The van der Waals surface area contributed by atoms with E-state index in [1.54, 1.807) is 17.4 Å². The molecule has 0 radical (unpaired) electrons. The van der Waals surface area contributed by atoms with Gasteiger partial charge in [-0.15, -0.1) is 11.3 Å². The number of non-ortho nitro benzene ring substituents is 1. The van der Waals surface area contributed by atoms with Crippen LogP contribution in [0.1, 0.15) is 0 Å². The Hall–Kier alpha value is -2.36. The molecule has 3 rings (SSSR count). The predicted molar refractivity (Wildman–Crippen MR) is 110 cm³/mol. The number of anilines is 1. The summed E-state index contributed by atoms with van der Waals surface area (Å²) in [6.07, 6.45) is 0. The maximum Gasteiger partial charge on any atom is 0.271 e. The minimum absolute atomic E-state index is 0.0641. The molecule has 0 aliphatic rings. The van der Waals surface area contributed by atoms with Gasteiger partial charge in [-0.1, -0.05) is 35.5 Å². The number of nitrogens with zero attached hydrogens (tertiary/aromatic N) is 2. The molecule has 0 aliphatic heterocycles. The van der Waals surface area contributed by atoms with Crippen LogP contribution >= 0.6 is 34.7 Å². The minimum Gasteiger partial charge on any atom is -0.382 e. The van der Waals surface area contributed by atoms with Crippen molar-refractivity contribution in [3.63, 3.8) is 0 Å². The average Bonchev–Trinajstić information content (AvgIpc) is 3.07. The second kappa shape index (κ2) is 9.03. The third kappa shape index (κ3) is 5.31. The number of hydrogen-bond acceptors (Lipinski definition) is 7. The number of fused-ring (bicyclic) bond motifs is 1. The molecule has 1 amide bonds. The van der Waals surface area contributed by atoms with Crippen molar-refractivity contribution in [2.24, 2.45) is 0 Å². The molecule has 0 fully saturated rings. The van der Waals surface area contributed by atoms with Crippen LogP contribution in [0.15, 0.2) is 46.8 Å². The number of benzene rings is 2. The van der Waals surface area contributed by atoms with Gasteiger partial charge >= 0.3 is 0 Å². The lowest BCUT2D eigenvalue weighted by atomic mass is 10.3. The van der Waals surface area contributed by atoms with E-state index in [9.17, 15) is 14.9 Å². The number of carbonyl (C=O) groups excluding carboxylic acids is 1. The van der Waals surface area contributed by atoms with Crippen molar-refractivity contribution >= 4 is 62.2 Å². The number of nitrogens with one attached hydrogen (secondary N) is 2. The fraction of sp³-hybridized carbons (Fsp3) is 0.176. The van der Waals surface area contributed by atoms with E-state index in [0.717, 1.165) is 14.6 Å². The monoisotopic (exact) mass is 422 g/mol. The van der Waals surface area contributed by atoms with Gasteiger partial charge in [0.05, 0.1) is 31.6 Å². The zero-order chi connectivity index (χ0) is 19.2. The third-order valence-corrected chi connectivity index (χ3v) is 6.02. The maximum atomic E-state index is 11.9. The van der Waals surface area contributed by atoms with Gasteiger partial charge in [0.1, 0.15) is 0 Å². The van der Waals surface area contributed by atoms with E-state index in [0.29, 0.717) is 18.8 Å². The maximum absolute atomic E-state index is 11.9. The fourth-order valence-electron chi connectivity index (χ4n) is 2.25. The molecule has 3 aromatic rings. The molecule has 27 heavy (non-hydrogen) atoms. The van der Waals surface area contributed by atoms with Gasteiger partial charge in [-0.25, -0.2) is 4.98 Å². The van der Waals surface area contributed by atoms with Crippen LogP contribution in [0.3, 0.4) is 0 Å². The molecular formula is C17H15ClN4O3S2. The number of rotatable bonds is 8. The number of hydrogen-bond donors (Lipinski definition) is 2. The average molecular weight is 423 g/mol. The summed E-state index contributed by atoms with van der Waals surface area (Å²) in [6, 6.07) is 12.1. The fourth-order valence-corrected chi connectivity index (χ4v) is 4.39. The van der Waals surface area contributed by atoms with E-state index in [-0.39, 0.29) is 22.4 Å². The lowest BCUT2D eigenvalue weighted by Gasteiger charge is -2.09. The normalized spacial score (nSPS) is 10.7. The van der Waals surface area contributed by atoms with Gasteiger partial charge in [0.2, 0.25) is 5.91 Å². The van der Waals surface area contributed by atoms with Gasteiger partial charge in [0.15, 0.2) is 4.34 Å². The molecule has 0 spiro atoms. The summed E-state index contributed by atoms with van der Waals surface area (Å²) < 4.78 is 1.96. The molecule has 0 saturated carbocycles. The van der Waals surface area contributed by atoms with E-state index in [1.165, 1.54) is 23.9 Å². The third-order valence-electron chi connectivity index (χ3n) is 3.53. The molecular weight excluding hydrogens is 408 g/mol. The zero-order valence-corrected chi connectivity index (χ0v) is 16.4. The summed E-state index contributed by atoms with van der Waals surface area (Å²) in [5, 5.41) is 16.8. The van der Waals surface area contributed by atoms with Crippen molar-refractivity contribution in [2.45, 2.75) is 4.34 Å². The lowest BCUT2D eigenvalue weighted by molar-refractivity contribution is -0.384. The Morgan fingerprint density at radius 1 is 1.26 bits per heavy atom. The Bertz CT molecular complexity index is 947. The van der Waals surface area contributed by atoms with Crippen molar-refractivity contribution in [2.75, 3.05) is 24.2 Å². The molecule has 2 N–H and O–H groups in total. The molecule has 7 nitrogen and oxygen atoms in total. The molecule has 0 bridgehead atoms. The Kier molecular flexibility index (Phi) is 6.49. The second-order valence-electron chi connectivity index (χ2n) is 5.43. The highest BCUT2D eigenvalue weighted by Gasteiger charge is 2.10. The van der Waals surface area contributed by atoms with Crippen molar-refractivity contribution in [1.29, 1.82) is 0 Å². The number of thioether (sulfide) groups is 1. The topological polar surface area (TPSA) is 97.2 Å². The van der Waals surface area contributed by atoms with Gasteiger partial charge in [0, 0.05) is 25.2 Å². The summed E-state index contributed by atoms with van der Waals surface area (Å²) in [7, 11) is 0. The second-order valence-corrected chi connectivity index (χ2v) is 8.09. The Labute approximate surface area is 168 Å². The largest absolute Gasteiger partial charge is 0.382 e. The predicted octanol–water partition coefficient (Wildman–Crippen LogP) is 4.18. The van der Waals surface area contributed by atoms with Crippen LogP contribution in [0, 0.1) is 10.1 Å². The summed E-state index contributed by atoms with van der Waals surface area (Å²) >= 11 is 8.97. The van der Waals surface area contributed by atoms with Crippen LogP contribution in [-0.4, -0.2) is 34.7 Å². The first-order valence-electron chi connectivity index (χ1n) is 7.96. The van der Waals surface area contributed by atoms with Gasteiger partial charge in [-0.05, 0) is 18.2 Å². The summed E-state index contributed by atoms with van der Waals surface area (Å²) in [5.74, 6) is 0.203. The number of amides is 1. The quantitative estimate of drug-likeness (QED) is 0.244. The van der Waals surface area contributed by atoms with Crippen molar-refractivity contribution < 1.29 is 9.72 Å². The van der Waals surface area contributed by atoms with Gasteiger partial charge in [-0.3, -0.25) is 14.9 Å². The van der Waals surface area contributed by atoms with Crippen LogP contribution in [-0.2, 0) is 4.79 Å². The molecule has 140 valence electrons. The van der Waals surface area contributed by atoms with Gasteiger partial charge < -0.3 is 10.6 Å².